The van der Waals surface area contributed by atoms with E-state index in [-0.39, 0.29) is 17.8 Å². The van der Waals surface area contributed by atoms with Gasteiger partial charge in [0.2, 0.25) is 5.95 Å². The number of aromatic nitrogens is 4. The summed E-state index contributed by atoms with van der Waals surface area (Å²) < 4.78 is 5.74. The first-order valence-corrected chi connectivity index (χ1v) is 11.4. The minimum atomic E-state index is -0.358. The largest absolute Gasteiger partial charge is 0.338 e. The summed E-state index contributed by atoms with van der Waals surface area (Å²) in [5.41, 5.74) is 2.35. The zero-order chi connectivity index (χ0) is 22.4. The van der Waals surface area contributed by atoms with Crippen LogP contribution in [0.15, 0.2) is 68.7 Å². The number of hydrogen-bond donors (Lipinski definition) is 0. The molecule has 0 aliphatic carbocycles. The lowest BCUT2D eigenvalue weighted by Crippen LogP contribution is -2.41. The SMILES string of the molecule is C[C@H]1CN(Cc2ccccc2)c2nc3c(c(=O)n(Cc4ccc(Br)cc4)c(=O)n3C)n2C1. The minimum Gasteiger partial charge on any atom is -0.338 e. The Labute approximate surface area is 193 Å². The van der Waals surface area contributed by atoms with Crippen molar-refractivity contribution >= 4 is 33.0 Å². The Morgan fingerprint density at radius 3 is 2.38 bits per heavy atom. The molecule has 164 valence electrons. The number of anilines is 1. The second-order valence-electron chi connectivity index (χ2n) is 8.53. The van der Waals surface area contributed by atoms with Crippen molar-refractivity contribution in [2.45, 2.75) is 26.6 Å². The molecule has 1 atom stereocenters. The number of imidazole rings is 1. The maximum atomic E-state index is 13.5. The highest BCUT2D eigenvalue weighted by atomic mass is 79.9. The summed E-state index contributed by atoms with van der Waals surface area (Å²) >= 11 is 3.42. The number of aryl methyl sites for hydroxylation is 1. The zero-order valence-electron chi connectivity index (χ0n) is 18.0. The van der Waals surface area contributed by atoms with Crippen LogP contribution in [0.5, 0.6) is 0 Å². The molecule has 0 spiro atoms. The number of hydrogen-bond acceptors (Lipinski definition) is 4. The van der Waals surface area contributed by atoms with Crippen molar-refractivity contribution in [2.24, 2.45) is 13.0 Å². The van der Waals surface area contributed by atoms with E-state index in [1.807, 2.05) is 47.0 Å². The van der Waals surface area contributed by atoms with Gasteiger partial charge in [-0.25, -0.2) is 4.79 Å². The first-order chi connectivity index (χ1) is 15.4. The van der Waals surface area contributed by atoms with E-state index in [2.05, 4.69) is 39.9 Å². The predicted octanol–water partition coefficient (Wildman–Crippen LogP) is 3.36. The van der Waals surface area contributed by atoms with Crippen LogP contribution in [0.4, 0.5) is 5.95 Å². The van der Waals surface area contributed by atoms with Crippen molar-refractivity contribution in [1.82, 2.24) is 18.7 Å². The molecule has 3 heterocycles. The van der Waals surface area contributed by atoms with Crippen molar-refractivity contribution in [3.8, 4) is 0 Å². The molecule has 7 nitrogen and oxygen atoms in total. The first kappa shape index (κ1) is 20.8. The Balaban J connectivity index is 1.65. The van der Waals surface area contributed by atoms with Crippen LogP contribution < -0.4 is 16.1 Å². The minimum absolute atomic E-state index is 0.221. The number of fused-ring (bicyclic) bond motifs is 3. The van der Waals surface area contributed by atoms with E-state index < -0.39 is 0 Å². The monoisotopic (exact) mass is 493 g/mol. The van der Waals surface area contributed by atoms with Gasteiger partial charge in [0, 0.05) is 31.2 Å². The average Bonchev–Trinajstić information content (AvgIpc) is 3.17. The molecule has 0 unspecified atom stereocenters. The van der Waals surface area contributed by atoms with E-state index in [0.717, 1.165) is 22.5 Å². The number of benzene rings is 2. The standard InChI is InChI=1S/C24H24BrN5O2/c1-16-12-28(14-17-6-4-3-5-7-17)23-26-21-20(29(23)13-16)22(31)30(24(32)27(21)2)15-18-8-10-19(25)11-9-18/h3-11,16H,12-15H2,1-2H3/t16-/m0/s1. The van der Waals surface area contributed by atoms with Crippen LogP contribution in [0.25, 0.3) is 11.2 Å². The third-order valence-electron chi connectivity index (χ3n) is 5.99. The summed E-state index contributed by atoms with van der Waals surface area (Å²) in [6.07, 6.45) is 0. The molecule has 1 aliphatic rings. The lowest BCUT2D eigenvalue weighted by Gasteiger charge is -2.33. The van der Waals surface area contributed by atoms with Crippen LogP contribution in [0.2, 0.25) is 0 Å². The smallest absolute Gasteiger partial charge is 0.332 e. The van der Waals surface area contributed by atoms with Crippen molar-refractivity contribution < 1.29 is 0 Å². The van der Waals surface area contributed by atoms with Gasteiger partial charge in [0.05, 0.1) is 6.54 Å². The van der Waals surface area contributed by atoms with E-state index in [0.29, 0.717) is 30.2 Å². The molecule has 0 fully saturated rings. The van der Waals surface area contributed by atoms with Gasteiger partial charge in [-0.3, -0.25) is 13.9 Å². The molecule has 5 rings (SSSR count). The topological polar surface area (TPSA) is 65.1 Å². The van der Waals surface area contributed by atoms with Gasteiger partial charge >= 0.3 is 5.69 Å². The Hall–Kier alpha value is -3.13. The summed E-state index contributed by atoms with van der Waals surface area (Å²) in [6, 6.07) is 17.9. The van der Waals surface area contributed by atoms with Crippen LogP contribution >= 0.6 is 15.9 Å². The van der Waals surface area contributed by atoms with Gasteiger partial charge in [0.25, 0.3) is 5.56 Å². The molecule has 4 aromatic rings. The fraction of sp³-hybridized carbons (Fsp3) is 0.292. The number of nitrogens with zero attached hydrogens (tertiary/aromatic N) is 5. The van der Waals surface area contributed by atoms with Crippen molar-refractivity contribution in [3.63, 3.8) is 0 Å². The summed E-state index contributed by atoms with van der Waals surface area (Å²) in [7, 11) is 1.69. The maximum Gasteiger partial charge on any atom is 0.332 e. The molecule has 32 heavy (non-hydrogen) atoms. The lowest BCUT2D eigenvalue weighted by atomic mass is 10.1. The van der Waals surface area contributed by atoms with Gasteiger partial charge in [0.1, 0.15) is 0 Å². The molecule has 0 bridgehead atoms. The second-order valence-corrected chi connectivity index (χ2v) is 9.44. The van der Waals surface area contributed by atoms with Gasteiger partial charge in [-0.05, 0) is 29.2 Å². The van der Waals surface area contributed by atoms with Gasteiger partial charge in [-0.1, -0.05) is 65.3 Å². The van der Waals surface area contributed by atoms with Crippen molar-refractivity contribution in [3.05, 3.63) is 91.0 Å². The Kier molecular flexibility index (Phi) is 5.25. The quantitative estimate of drug-likeness (QED) is 0.437. The van der Waals surface area contributed by atoms with Crippen LogP contribution in [0.3, 0.4) is 0 Å². The molecule has 2 aromatic carbocycles. The molecule has 1 aliphatic heterocycles. The molecular formula is C24H24BrN5O2. The molecule has 0 saturated carbocycles. The normalized spacial score (nSPS) is 15.8. The number of rotatable bonds is 4. The number of halogens is 1. The van der Waals surface area contributed by atoms with E-state index in [4.69, 9.17) is 4.98 Å². The van der Waals surface area contributed by atoms with Crippen LogP contribution in [0, 0.1) is 5.92 Å². The Morgan fingerprint density at radius 2 is 1.66 bits per heavy atom. The van der Waals surface area contributed by atoms with Crippen LogP contribution in [0.1, 0.15) is 18.1 Å². The van der Waals surface area contributed by atoms with E-state index >= 15 is 0 Å². The summed E-state index contributed by atoms with van der Waals surface area (Å²) in [5, 5.41) is 0. The molecule has 0 saturated heterocycles. The fourth-order valence-electron chi connectivity index (χ4n) is 4.45. The molecule has 8 heteroatoms. The Morgan fingerprint density at radius 1 is 0.969 bits per heavy atom. The van der Waals surface area contributed by atoms with Crippen molar-refractivity contribution in [1.29, 1.82) is 0 Å². The highest BCUT2D eigenvalue weighted by Gasteiger charge is 2.29. The fourth-order valence-corrected chi connectivity index (χ4v) is 4.72. The maximum absolute atomic E-state index is 13.5. The second kappa shape index (κ2) is 8.09. The molecule has 2 aromatic heterocycles. The van der Waals surface area contributed by atoms with E-state index in [1.165, 1.54) is 14.7 Å². The average molecular weight is 494 g/mol. The van der Waals surface area contributed by atoms with Gasteiger partial charge in [0.15, 0.2) is 11.2 Å². The van der Waals surface area contributed by atoms with Gasteiger partial charge in [-0.2, -0.15) is 4.98 Å². The molecule has 0 amide bonds. The third kappa shape index (κ3) is 3.58. The summed E-state index contributed by atoms with van der Waals surface area (Å²) in [5.74, 6) is 1.09. The Bertz CT molecular complexity index is 1400. The van der Waals surface area contributed by atoms with E-state index in [1.54, 1.807) is 7.05 Å². The molecular weight excluding hydrogens is 470 g/mol. The van der Waals surface area contributed by atoms with Crippen molar-refractivity contribution in [2.75, 3.05) is 11.4 Å². The summed E-state index contributed by atoms with van der Waals surface area (Å²) in [4.78, 5) is 33.6. The third-order valence-corrected chi connectivity index (χ3v) is 6.52. The van der Waals surface area contributed by atoms with Gasteiger partial charge < -0.3 is 9.47 Å². The predicted molar refractivity (Wildman–Crippen MR) is 129 cm³/mol. The molecule has 0 N–H and O–H groups in total. The highest BCUT2D eigenvalue weighted by molar-refractivity contribution is 9.10. The lowest BCUT2D eigenvalue weighted by molar-refractivity contribution is 0.435. The van der Waals surface area contributed by atoms with Crippen LogP contribution in [-0.2, 0) is 26.7 Å². The summed E-state index contributed by atoms with van der Waals surface area (Å²) in [6.45, 7) is 4.64. The van der Waals surface area contributed by atoms with Gasteiger partial charge in [-0.15, -0.1) is 0 Å². The van der Waals surface area contributed by atoms with Crippen LogP contribution in [-0.4, -0.2) is 25.2 Å². The van der Waals surface area contributed by atoms with E-state index in [9.17, 15) is 9.59 Å². The molecule has 0 radical (unpaired) electrons. The first-order valence-electron chi connectivity index (χ1n) is 10.7. The highest BCUT2D eigenvalue weighted by Crippen LogP contribution is 2.28. The zero-order valence-corrected chi connectivity index (χ0v) is 19.6.